The van der Waals surface area contributed by atoms with E-state index < -0.39 is 0 Å². The van der Waals surface area contributed by atoms with Crippen LogP contribution in [0.4, 0.5) is 0 Å². The third-order valence-corrected chi connectivity index (χ3v) is 16.9. The van der Waals surface area contributed by atoms with Crippen LogP contribution in [-0.2, 0) is 0 Å². The van der Waals surface area contributed by atoms with Gasteiger partial charge < -0.3 is 8.83 Å². The normalized spacial score (nSPS) is 11.6. The summed E-state index contributed by atoms with van der Waals surface area (Å²) in [4.78, 5) is 34.6. The van der Waals surface area contributed by atoms with Crippen molar-refractivity contribution in [1.82, 2.24) is 34.9 Å². The molecule has 9 nitrogen and oxygen atoms in total. The summed E-state index contributed by atoms with van der Waals surface area (Å²) >= 11 is 0. The lowest BCUT2D eigenvalue weighted by Crippen LogP contribution is -2.00. The van der Waals surface area contributed by atoms with Crippen molar-refractivity contribution in [3.63, 3.8) is 0 Å². The first kappa shape index (κ1) is 52.0. The van der Waals surface area contributed by atoms with E-state index in [1.54, 1.807) is 0 Å². The Morgan fingerprint density at radius 1 is 0.189 bits per heavy atom. The lowest BCUT2D eigenvalue weighted by molar-refractivity contribution is 0.669. The molecule has 0 saturated heterocycles. The second-order valence-electron chi connectivity index (χ2n) is 22.5. The maximum absolute atomic E-state index is 6.56. The summed E-state index contributed by atoms with van der Waals surface area (Å²) in [7, 11) is 0. The zero-order chi connectivity index (χ0) is 59.5. The monoisotopic (exact) mass is 1150 g/mol. The SMILES string of the molecule is c1ccc(-c2nc(-c3ccccc3)nc(-c3ccc(-c4cncc(-c5ccc6oc7cc(-c8cccc(-c9ccc(-c%10nc(-c%11ccccc%11)nc(-c%11ccc(-c%12ccc%13c(c%12)oc%12ccc%14ccccc%14c%12%13)cc%11)n%10)cc9)c8)ccc7c6c5)c4)cc3)n2)cc1. The van der Waals surface area contributed by atoms with Gasteiger partial charge in [0.1, 0.15) is 22.3 Å². The molecule has 0 aliphatic carbocycles. The summed E-state index contributed by atoms with van der Waals surface area (Å²) in [6.07, 6.45) is 3.82. The number of aromatic nitrogens is 7. The number of hydrogen-bond acceptors (Lipinski definition) is 9. The van der Waals surface area contributed by atoms with Crippen LogP contribution in [0.25, 0.3) is 179 Å². The van der Waals surface area contributed by atoms with Gasteiger partial charge in [-0.15, -0.1) is 0 Å². The Morgan fingerprint density at radius 2 is 0.533 bits per heavy atom. The molecule has 0 saturated carbocycles. The van der Waals surface area contributed by atoms with E-state index in [0.29, 0.717) is 34.9 Å². The molecule has 90 heavy (non-hydrogen) atoms. The topological polar surface area (TPSA) is 117 Å². The zero-order valence-electron chi connectivity index (χ0n) is 48.2. The molecule has 12 aromatic carbocycles. The molecule has 5 heterocycles. The molecule has 9 heteroatoms. The van der Waals surface area contributed by atoms with Crippen LogP contribution in [0.1, 0.15) is 0 Å². The molecule has 0 radical (unpaired) electrons. The maximum Gasteiger partial charge on any atom is 0.164 e. The lowest BCUT2D eigenvalue weighted by atomic mass is 9.97. The highest BCUT2D eigenvalue weighted by Crippen LogP contribution is 2.40. The molecule has 5 aromatic heterocycles. The van der Waals surface area contributed by atoms with Crippen molar-refractivity contribution < 1.29 is 8.83 Å². The fourth-order valence-electron chi connectivity index (χ4n) is 12.2. The van der Waals surface area contributed by atoms with Crippen molar-refractivity contribution >= 4 is 54.6 Å². The predicted molar refractivity (Wildman–Crippen MR) is 363 cm³/mol. The van der Waals surface area contributed by atoms with Crippen LogP contribution >= 0.6 is 0 Å². The van der Waals surface area contributed by atoms with E-state index in [4.69, 9.17) is 43.7 Å². The highest BCUT2D eigenvalue weighted by molar-refractivity contribution is 6.19. The molecular weight excluding hydrogens is 1100 g/mol. The van der Waals surface area contributed by atoms with Gasteiger partial charge in [0.2, 0.25) is 0 Å². The van der Waals surface area contributed by atoms with Crippen molar-refractivity contribution in [2.45, 2.75) is 0 Å². The standard InChI is InChI=1S/C81H49N7O2/c1-4-14-54(15-5-1)76-83-77(55-16-6-2-7-17-55)85-79(84-76)59-33-27-52(28-34-59)65-44-66(49-82-48-65)62-38-41-71-70(45-62)68-39-35-64(47-73(68)89-71)61-21-12-20-60(43-61)50-23-29-57(30-24-50)80-86-78(56-18-8-3-9-19-56)87-81(88-80)58-31-25-51(26-32-58)63-36-40-69-74(46-63)90-72-42-37-53-13-10-11-22-67(53)75(69)72/h1-49H. The summed E-state index contributed by atoms with van der Waals surface area (Å²) < 4.78 is 13.0. The first-order valence-corrected chi connectivity index (χ1v) is 29.9. The van der Waals surface area contributed by atoms with Crippen molar-refractivity contribution in [1.29, 1.82) is 0 Å². The summed E-state index contributed by atoms with van der Waals surface area (Å²) in [6.45, 7) is 0. The quantitative estimate of drug-likeness (QED) is 0.125. The van der Waals surface area contributed by atoms with Crippen LogP contribution in [0.2, 0.25) is 0 Å². The molecule has 0 aliphatic rings. The third-order valence-electron chi connectivity index (χ3n) is 16.9. The lowest BCUT2D eigenvalue weighted by Gasteiger charge is -2.10. The van der Waals surface area contributed by atoms with Crippen molar-refractivity contribution in [2.75, 3.05) is 0 Å². The van der Waals surface area contributed by atoms with Gasteiger partial charge in [0, 0.05) is 78.4 Å². The fraction of sp³-hybridized carbons (Fsp3) is 0. The van der Waals surface area contributed by atoms with Crippen LogP contribution in [0.15, 0.2) is 306 Å². The Bertz CT molecular complexity index is 5520. The Hall–Kier alpha value is -12.3. The van der Waals surface area contributed by atoms with Gasteiger partial charge in [-0.05, 0) is 110 Å². The number of benzene rings is 12. The highest BCUT2D eigenvalue weighted by atomic mass is 16.3. The second-order valence-corrected chi connectivity index (χ2v) is 22.5. The maximum atomic E-state index is 6.56. The van der Waals surface area contributed by atoms with E-state index >= 15 is 0 Å². The van der Waals surface area contributed by atoms with E-state index in [1.165, 1.54) is 10.8 Å². The number of pyridine rings is 1. The molecule has 0 atom stereocenters. The van der Waals surface area contributed by atoms with E-state index in [9.17, 15) is 0 Å². The van der Waals surface area contributed by atoms with E-state index in [0.717, 1.165) is 133 Å². The van der Waals surface area contributed by atoms with E-state index in [1.807, 2.05) is 103 Å². The van der Waals surface area contributed by atoms with E-state index in [-0.39, 0.29) is 0 Å². The van der Waals surface area contributed by atoms with Gasteiger partial charge in [0.15, 0.2) is 34.9 Å². The third kappa shape index (κ3) is 9.69. The molecule has 0 aliphatic heterocycles. The van der Waals surface area contributed by atoms with Gasteiger partial charge in [0.25, 0.3) is 0 Å². The van der Waals surface area contributed by atoms with Gasteiger partial charge >= 0.3 is 0 Å². The number of fused-ring (bicyclic) bond motifs is 8. The van der Waals surface area contributed by atoms with Crippen LogP contribution in [-0.4, -0.2) is 34.9 Å². The predicted octanol–water partition coefficient (Wildman–Crippen LogP) is 20.7. The summed E-state index contributed by atoms with van der Waals surface area (Å²) in [5, 5.41) is 6.74. The largest absolute Gasteiger partial charge is 0.456 e. The molecular formula is C81H49N7O2. The minimum Gasteiger partial charge on any atom is -0.456 e. The van der Waals surface area contributed by atoms with Gasteiger partial charge in [-0.2, -0.15) is 0 Å². The molecule has 17 rings (SSSR count). The van der Waals surface area contributed by atoms with Gasteiger partial charge in [-0.3, -0.25) is 4.98 Å². The molecule has 0 N–H and O–H groups in total. The zero-order valence-corrected chi connectivity index (χ0v) is 48.2. The minimum atomic E-state index is 0.596. The average Bonchev–Trinajstić information content (AvgIpc) is 2.18. The van der Waals surface area contributed by atoms with Crippen LogP contribution in [0, 0.1) is 0 Å². The summed E-state index contributed by atoms with van der Waals surface area (Å²) in [5.74, 6) is 3.67. The minimum absolute atomic E-state index is 0.596. The fourth-order valence-corrected chi connectivity index (χ4v) is 12.2. The smallest absolute Gasteiger partial charge is 0.164 e. The second kappa shape index (κ2) is 21.9. The van der Waals surface area contributed by atoms with Crippen LogP contribution in [0.3, 0.4) is 0 Å². The number of furan rings is 2. The Morgan fingerprint density at radius 3 is 1.08 bits per heavy atom. The Kier molecular flexibility index (Phi) is 12.6. The number of nitrogens with zero attached hydrogens (tertiary/aromatic N) is 7. The molecule has 0 fully saturated rings. The molecule has 0 amide bonds. The first-order chi connectivity index (χ1) is 44.5. The Labute approximate surface area is 517 Å². The molecule has 420 valence electrons. The molecule has 17 aromatic rings. The highest BCUT2D eigenvalue weighted by Gasteiger charge is 2.18. The average molecular weight is 1150 g/mol. The van der Waals surface area contributed by atoms with Gasteiger partial charge in [0.05, 0.1) is 0 Å². The van der Waals surface area contributed by atoms with Crippen LogP contribution in [0.5, 0.6) is 0 Å². The number of rotatable bonds is 11. The van der Waals surface area contributed by atoms with Crippen molar-refractivity contribution in [3.05, 3.63) is 298 Å². The molecule has 0 bridgehead atoms. The van der Waals surface area contributed by atoms with Crippen molar-refractivity contribution in [3.8, 4) is 124 Å². The summed E-state index contributed by atoms with van der Waals surface area (Å²) in [6, 6.07) is 98.1. The van der Waals surface area contributed by atoms with E-state index in [2.05, 4.69) is 194 Å². The van der Waals surface area contributed by atoms with Crippen molar-refractivity contribution in [2.24, 2.45) is 0 Å². The first-order valence-electron chi connectivity index (χ1n) is 29.9. The molecule has 0 unspecified atom stereocenters. The van der Waals surface area contributed by atoms with Gasteiger partial charge in [-0.25, -0.2) is 29.9 Å². The van der Waals surface area contributed by atoms with Gasteiger partial charge in [-0.1, -0.05) is 231 Å². The van der Waals surface area contributed by atoms with Crippen LogP contribution < -0.4 is 0 Å². The Balaban J connectivity index is 0.618. The number of hydrogen-bond donors (Lipinski definition) is 0. The summed E-state index contributed by atoms with van der Waals surface area (Å²) in [5.41, 5.74) is 19.4. The molecule has 0 spiro atoms.